The molecular weight excluding hydrogens is 652 g/mol. The Bertz CT molecular complexity index is 1750. The molecule has 0 saturated heterocycles. The summed E-state index contributed by atoms with van der Waals surface area (Å²) in [6.45, 7) is 2.27. The van der Waals surface area contributed by atoms with Gasteiger partial charge in [-0.05, 0) is 60.7 Å². The molecule has 0 bridgehead atoms. The van der Waals surface area contributed by atoms with E-state index >= 15 is 0 Å². The minimum absolute atomic E-state index is 0.0574. The van der Waals surface area contributed by atoms with E-state index in [1.165, 1.54) is 57.7 Å². The van der Waals surface area contributed by atoms with E-state index in [0.29, 0.717) is 5.75 Å². The molecule has 49 heavy (non-hydrogen) atoms. The first kappa shape index (κ1) is 36.8. The van der Waals surface area contributed by atoms with Crippen LogP contribution < -0.4 is 34.5 Å². The average Bonchev–Trinajstić information content (AvgIpc) is 3.07. The number of rotatable bonds is 13. The molecule has 0 saturated carbocycles. The van der Waals surface area contributed by atoms with Gasteiger partial charge in [0.25, 0.3) is 11.8 Å². The van der Waals surface area contributed by atoms with E-state index < -0.39 is 53.9 Å². The zero-order valence-corrected chi connectivity index (χ0v) is 26.6. The zero-order chi connectivity index (χ0) is 36.2. The van der Waals surface area contributed by atoms with Crippen LogP contribution in [0.3, 0.4) is 0 Å². The van der Waals surface area contributed by atoms with Gasteiger partial charge in [-0.2, -0.15) is 0 Å². The van der Waals surface area contributed by atoms with Crippen LogP contribution in [0, 0.1) is 0 Å². The molecule has 2 atom stereocenters. The van der Waals surface area contributed by atoms with Crippen LogP contribution in [0.15, 0.2) is 60.7 Å². The Labute approximate surface area is 277 Å². The predicted octanol–water partition coefficient (Wildman–Crippen LogP) is 1.86. The van der Waals surface area contributed by atoms with Crippen LogP contribution in [-0.4, -0.2) is 80.3 Å². The molecule has 17 nitrogen and oxygen atoms in total. The van der Waals surface area contributed by atoms with Gasteiger partial charge in [-0.25, -0.2) is 14.4 Å². The van der Waals surface area contributed by atoms with Crippen LogP contribution in [0.25, 0.3) is 0 Å². The van der Waals surface area contributed by atoms with Crippen molar-refractivity contribution in [3.63, 3.8) is 0 Å². The van der Waals surface area contributed by atoms with Crippen molar-refractivity contribution < 1.29 is 71.8 Å². The van der Waals surface area contributed by atoms with Gasteiger partial charge >= 0.3 is 29.8 Å². The summed E-state index contributed by atoms with van der Waals surface area (Å²) < 4.78 is 35.6. The number of nitrogens with one attached hydrogen (secondary N) is 2. The summed E-state index contributed by atoms with van der Waals surface area (Å²) in [4.78, 5) is 87.5. The fraction of sp³-hybridized carbons (Fsp3) is 0.219. The van der Waals surface area contributed by atoms with Gasteiger partial charge < -0.3 is 38.3 Å². The summed E-state index contributed by atoms with van der Waals surface area (Å²) in [6, 6.07) is 12.4. The first-order valence-electron chi connectivity index (χ1n) is 13.9. The lowest BCUT2D eigenvalue weighted by Gasteiger charge is -2.24. The maximum absolute atomic E-state index is 13.3. The molecule has 0 fully saturated rings. The first-order chi connectivity index (χ1) is 23.3. The van der Waals surface area contributed by atoms with E-state index in [9.17, 15) is 38.7 Å². The van der Waals surface area contributed by atoms with Crippen molar-refractivity contribution in [1.82, 2.24) is 10.9 Å². The summed E-state index contributed by atoms with van der Waals surface area (Å²) in [6.07, 6.45) is -4.90. The van der Waals surface area contributed by atoms with Crippen molar-refractivity contribution in [2.24, 2.45) is 0 Å². The van der Waals surface area contributed by atoms with Gasteiger partial charge in [-0.15, -0.1) is 0 Å². The van der Waals surface area contributed by atoms with E-state index in [0.717, 1.165) is 38.1 Å². The highest BCUT2D eigenvalue weighted by Gasteiger charge is 2.41. The fourth-order valence-corrected chi connectivity index (χ4v) is 3.93. The number of aliphatic carboxylic acids is 1. The molecule has 0 aromatic heterocycles. The number of amides is 2. The Balaban J connectivity index is 1.93. The first-order valence-corrected chi connectivity index (χ1v) is 13.9. The summed E-state index contributed by atoms with van der Waals surface area (Å²) in [5.41, 5.74) is 3.48. The largest absolute Gasteiger partial charge is 0.497 e. The van der Waals surface area contributed by atoms with Gasteiger partial charge in [0.05, 0.1) is 32.5 Å². The number of hydrogen-bond donors (Lipinski definition) is 3. The van der Waals surface area contributed by atoms with Crippen LogP contribution in [0.2, 0.25) is 0 Å². The Kier molecular flexibility index (Phi) is 12.6. The molecule has 0 heterocycles. The number of esters is 4. The highest BCUT2D eigenvalue weighted by molar-refractivity contribution is 5.99. The molecular formula is C32H30N2O15. The highest BCUT2D eigenvalue weighted by Crippen LogP contribution is 2.30. The van der Waals surface area contributed by atoms with Crippen molar-refractivity contribution >= 4 is 41.7 Å². The summed E-state index contributed by atoms with van der Waals surface area (Å²) in [5.74, 6) is -8.05. The number of carbonyl (C=O) groups excluding carboxylic acids is 6. The number of carbonyl (C=O) groups is 7. The molecule has 3 N–H and O–H groups in total. The van der Waals surface area contributed by atoms with Crippen molar-refractivity contribution in [2.45, 2.75) is 26.1 Å². The van der Waals surface area contributed by atoms with Crippen LogP contribution in [0.5, 0.6) is 28.7 Å². The molecule has 3 aromatic rings. The normalized spacial score (nSPS) is 11.4. The Morgan fingerprint density at radius 2 is 1.02 bits per heavy atom. The second-order valence-electron chi connectivity index (χ2n) is 9.58. The number of ether oxygens (including phenoxy) is 7. The summed E-state index contributed by atoms with van der Waals surface area (Å²) in [5, 5.41) is 10.0. The lowest BCUT2D eigenvalue weighted by atomic mass is 10.1. The summed E-state index contributed by atoms with van der Waals surface area (Å²) >= 11 is 0. The molecule has 258 valence electrons. The molecule has 0 aliphatic rings. The Hall–Kier alpha value is -6.65. The number of hydrogen-bond acceptors (Lipinski definition) is 14. The lowest BCUT2D eigenvalue weighted by Crippen LogP contribution is -2.54. The third kappa shape index (κ3) is 9.92. The molecule has 3 rings (SSSR count). The van der Waals surface area contributed by atoms with Crippen LogP contribution in [0.4, 0.5) is 0 Å². The Morgan fingerprint density at radius 3 is 1.43 bits per heavy atom. The van der Waals surface area contributed by atoms with Crippen molar-refractivity contribution in [3.8, 4) is 28.7 Å². The van der Waals surface area contributed by atoms with E-state index in [4.69, 9.17) is 33.2 Å². The molecule has 0 spiro atoms. The average molecular weight is 683 g/mol. The number of carboxylic acids is 1. The topological polar surface area (TPSA) is 228 Å². The van der Waals surface area contributed by atoms with Gasteiger partial charge in [-0.1, -0.05) is 0 Å². The standard InChI is InChI=1S/C32H30N2O15/c1-16(35)46-22-12-8-19(14-24(22)44-4)31(41)48-26(29(38)34-33-28(37)18-6-10-21(43-3)11-7-18)27(30(39)40)49-32(42)20-9-13-23(47-17(2)36)25(15-20)45-5/h6-15,26-27H,1-5H3,(H,33,37)(H,34,38)(H,39,40)/t26-,27+/m0/s1. The van der Waals surface area contributed by atoms with Crippen LogP contribution in [-0.2, 0) is 28.7 Å². The molecule has 0 radical (unpaired) electrons. The maximum atomic E-state index is 13.3. The molecule has 0 unspecified atom stereocenters. The fourth-order valence-electron chi connectivity index (χ4n) is 3.93. The molecule has 0 aliphatic heterocycles. The van der Waals surface area contributed by atoms with Crippen LogP contribution in [0.1, 0.15) is 44.9 Å². The van der Waals surface area contributed by atoms with E-state index in [1.54, 1.807) is 0 Å². The van der Waals surface area contributed by atoms with E-state index in [1.807, 2.05) is 5.43 Å². The number of benzene rings is 3. The zero-order valence-electron chi connectivity index (χ0n) is 26.6. The van der Waals surface area contributed by atoms with Crippen molar-refractivity contribution in [1.29, 1.82) is 0 Å². The molecule has 0 aliphatic carbocycles. The molecule has 17 heteroatoms. The summed E-state index contributed by atoms with van der Waals surface area (Å²) in [7, 11) is 3.85. The number of hydrazine groups is 1. The molecule has 2 amide bonds. The van der Waals surface area contributed by atoms with Gasteiger partial charge in [0.15, 0.2) is 23.0 Å². The monoisotopic (exact) mass is 682 g/mol. The maximum Gasteiger partial charge on any atom is 0.349 e. The Morgan fingerprint density at radius 1 is 0.571 bits per heavy atom. The smallest absolute Gasteiger partial charge is 0.349 e. The second kappa shape index (κ2) is 16.8. The van der Waals surface area contributed by atoms with Crippen molar-refractivity contribution in [3.05, 3.63) is 77.4 Å². The third-order valence-corrected chi connectivity index (χ3v) is 6.20. The minimum Gasteiger partial charge on any atom is -0.497 e. The quantitative estimate of drug-likeness (QED) is 0.133. The van der Waals surface area contributed by atoms with Crippen LogP contribution >= 0.6 is 0 Å². The predicted molar refractivity (Wildman–Crippen MR) is 163 cm³/mol. The van der Waals surface area contributed by atoms with Gasteiger partial charge in [0.2, 0.25) is 12.2 Å². The van der Waals surface area contributed by atoms with Gasteiger partial charge in [0, 0.05) is 19.4 Å². The van der Waals surface area contributed by atoms with E-state index in [2.05, 4.69) is 5.43 Å². The SMILES string of the molecule is COc1ccc(C(=O)NNC(=O)[C@@H](OC(=O)c2ccc(OC(C)=O)c(OC)c2)[C@@H](OC(=O)c2ccc(OC(C)=O)c(OC)c2)C(=O)O)cc1. The van der Waals surface area contributed by atoms with Gasteiger partial charge in [-0.3, -0.25) is 30.0 Å². The third-order valence-electron chi connectivity index (χ3n) is 6.20. The lowest BCUT2D eigenvalue weighted by molar-refractivity contribution is -0.159. The van der Waals surface area contributed by atoms with Gasteiger partial charge in [0.1, 0.15) is 5.75 Å². The van der Waals surface area contributed by atoms with E-state index in [-0.39, 0.29) is 39.7 Å². The number of methoxy groups -OCH3 is 3. The minimum atomic E-state index is -2.49. The second-order valence-corrected chi connectivity index (χ2v) is 9.58. The molecule has 3 aromatic carbocycles. The highest BCUT2D eigenvalue weighted by atomic mass is 16.6. The van der Waals surface area contributed by atoms with Crippen molar-refractivity contribution in [2.75, 3.05) is 21.3 Å². The number of carboxylic acid groups (broad SMARTS) is 1.